The second kappa shape index (κ2) is 5.24. The van der Waals surface area contributed by atoms with Crippen molar-refractivity contribution in [3.63, 3.8) is 0 Å². The lowest BCUT2D eigenvalue weighted by molar-refractivity contribution is 0.153. The standard InChI is InChI=1S/C16H22N2O/c1-11(17)14-9-10-15(16(18-14)12-7-8-12)19-13-5-3-2-4-6-13/h9-10,12-13H,1-8,17H2. The minimum Gasteiger partial charge on any atom is -0.489 e. The summed E-state index contributed by atoms with van der Waals surface area (Å²) in [5, 5.41) is 0. The molecular weight excluding hydrogens is 236 g/mol. The summed E-state index contributed by atoms with van der Waals surface area (Å²) in [5.74, 6) is 1.54. The summed E-state index contributed by atoms with van der Waals surface area (Å²) in [6.07, 6.45) is 9.08. The fourth-order valence-electron chi connectivity index (χ4n) is 2.75. The zero-order chi connectivity index (χ0) is 13.2. The van der Waals surface area contributed by atoms with Gasteiger partial charge in [0.15, 0.2) is 0 Å². The molecule has 0 saturated heterocycles. The van der Waals surface area contributed by atoms with Gasteiger partial charge in [-0.3, -0.25) is 0 Å². The highest BCUT2D eigenvalue weighted by atomic mass is 16.5. The molecule has 0 amide bonds. The summed E-state index contributed by atoms with van der Waals surface area (Å²) in [7, 11) is 0. The van der Waals surface area contributed by atoms with Gasteiger partial charge in [-0.25, -0.2) is 4.98 Å². The van der Waals surface area contributed by atoms with Crippen LogP contribution in [-0.2, 0) is 0 Å². The van der Waals surface area contributed by atoms with Gasteiger partial charge in [0.05, 0.1) is 23.2 Å². The largest absolute Gasteiger partial charge is 0.489 e. The third-order valence-electron chi connectivity index (χ3n) is 4.02. The predicted octanol–water partition coefficient (Wildman–Crippen LogP) is 3.60. The fourth-order valence-corrected chi connectivity index (χ4v) is 2.75. The highest BCUT2D eigenvalue weighted by molar-refractivity contribution is 5.57. The van der Waals surface area contributed by atoms with Crippen LogP contribution >= 0.6 is 0 Å². The van der Waals surface area contributed by atoms with Crippen LogP contribution in [0.5, 0.6) is 5.75 Å². The second-order valence-corrected chi connectivity index (χ2v) is 5.76. The lowest BCUT2D eigenvalue weighted by Gasteiger charge is -2.24. The molecule has 0 aliphatic heterocycles. The van der Waals surface area contributed by atoms with Gasteiger partial charge in [-0.05, 0) is 50.7 Å². The Morgan fingerprint density at radius 1 is 1.16 bits per heavy atom. The van der Waals surface area contributed by atoms with Crippen molar-refractivity contribution < 1.29 is 4.74 Å². The van der Waals surface area contributed by atoms with Crippen LogP contribution in [0.25, 0.3) is 5.70 Å². The van der Waals surface area contributed by atoms with Crippen LogP contribution in [0.3, 0.4) is 0 Å². The molecule has 1 aromatic rings. The SMILES string of the molecule is C=C(N)c1ccc(OC2CCCCC2)c(C2CC2)n1. The molecule has 19 heavy (non-hydrogen) atoms. The Morgan fingerprint density at radius 3 is 2.53 bits per heavy atom. The van der Waals surface area contributed by atoms with Crippen molar-refractivity contribution in [2.45, 2.75) is 57.0 Å². The Hall–Kier alpha value is -1.51. The van der Waals surface area contributed by atoms with Gasteiger partial charge in [-0.1, -0.05) is 13.0 Å². The van der Waals surface area contributed by atoms with Gasteiger partial charge >= 0.3 is 0 Å². The minimum atomic E-state index is 0.375. The Kier molecular flexibility index (Phi) is 3.45. The minimum absolute atomic E-state index is 0.375. The third-order valence-corrected chi connectivity index (χ3v) is 4.02. The van der Waals surface area contributed by atoms with E-state index >= 15 is 0 Å². The summed E-state index contributed by atoms with van der Waals surface area (Å²) < 4.78 is 6.19. The maximum atomic E-state index is 6.19. The van der Waals surface area contributed by atoms with Crippen molar-refractivity contribution in [3.8, 4) is 5.75 Å². The molecule has 1 aromatic heterocycles. The monoisotopic (exact) mass is 258 g/mol. The molecule has 3 heteroatoms. The van der Waals surface area contributed by atoms with E-state index in [0.29, 0.717) is 17.7 Å². The van der Waals surface area contributed by atoms with Gasteiger partial charge in [0.1, 0.15) is 5.75 Å². The molecule has 0 unspecified atom stereocenters. The van der Waals surface area contributed by atoms with Crippen LogP contribution in [0.4, 0.5) is 0 Å². The molecule has 0 atom stereocenters. The number of hydrogen-bond acceptors (Lipinski definition) is 3. The highest BCUT2D eigenvalue weighted by Gasteiger charge is 2.30. The van der Waals surface area contributed by atoms with Crippen molar-refractivity contribution in [3.05, 3.63) is 30.1 Å². The first-order chi connectivity index (χ1) is 9.24. The van der Waals surface area contributed by atoms with E-state index in [1.54, 1.807) is 0 Å². The molecule has 0 aromatic carbocycles. The maximum Gasteiger partial charge on any atom is 0.141 e. The maximum absolute atomic E-state index is 6.19. The van der Waals surface area contributed by atoms with Crippen molar-refractivity contribution in [1.82, 2.24) is 4.98 Å². The van der Waals surface area contributed by atoms with Gasteiger partial charge in [0.25, 0.3) is 0 Å². The van der Waals surface area contributed by atoms with Crippen LogP contribution in [0.2, 0.25) is 0 Å². The molecule has 2 aliphatic carbocycles. The molecule has 3 nitrogen and oxygen atoms in total. The van der Waals surface area contributed by atoms with E-state index in [9.17, 15) is 0 Å². The van der Waals surface area contributed by atoms with Crippen molar-refractivity contribution >= 4 is 5.70 Å². The average molecular weight is 258 g/mol. The fraction of sp³-hybridized carbons (Fsp3) is 0.562. The molecule has 0 bridgehead atoms. The molecule has 2 aliphatic rings. The van der Waals surface area contributed by atoms with E-state index in [1.807, 2.05) is 12.1 Å². The van der Waals surface area contributed by atoms with Gasteiger partial charge in [-0.2, -0.15) is 0 Å². The first-order valence-electron chi connectivity index (χ1n) is 7.36. The lowest BCUT2D eigenvalue weighted by Crippen LogP contribution is -2.20. The quantitative estimate of drug-likeness (QED) is 0.897. The number of hydrogen-bond donors (Lipinski definition) is 1. The van der Waals surface area contributed by atoms with Gasteiger partial charge in [0, 0.05) is 5.92 Å². The average Bonchev–Trinajstić information content (AvgIpc) is 3.24. The normalized spacial score (nSPS) is 20.2. The Balaban J connectivity index is 1.81. The summed E-state index contributed by atoms with van der Waals surface area (Å²) in [4.78, 5) is 4.65. The Bertz CT molecular complexity index is 474. The summed E-state index contributed by atoms with van der Waals surface area (Å²) in [6.45, 7) is 3.77. The third kappa shape index (κ3) is 2.91. The number of rotatable bonds is 4. The number of ether oxygens (including phenoxy) is 1. The first kappa shape index (κ1) is 12.5. The zero-order valence-corrected chi connectivity index (χ0v) is 11.4. The van der Waals surface area contributed by atoms with Crippen LogP contribution in [0.1, 0.15) is 62.3 Å². The van der Waals surface area contributed by atoms with E-state index in [2.05, 4.69) is 11.6 Å². The zero-order valence-electron chi connectivity index (χ0n) is 11.4. The van der Waals surface area contributed by atoms with Crippen LogP contribution in [0.15, 0.2) is 18.7 Å². The summed E-state index contributed by atoms with van der Waals surface area (Å²) in [5.41, 5.74) is 8.16. The molecule has 0 radical (unpaired) electrons. The molecule has 2 fully saturated rings. The van der Waals surface area contributed by atoms with Crippen LogP contribution < -0.4 is 10.5 Å². The second-order valence-electron chi connectivity index (χ2n) is 5.76. The van der Waals surface area contributed by atoms with Gasteiger partial charge < -0.3 is 10.5 Å². The molecule has 1 heterocycles. The lowest BCUT2D eigenvalue weighted by atomic mass is 9.98. The van der Waals surface area contributed by atoms with Crippen molar-refractivity contribution in [2.24, 2.45) is 5.73 Å². The van der Waals surface area contributed by atoms with Crippen LogP contribution in [0, 0.1) is 0 Å². The van der Waals surface area contributed by atoms with Crippen LogP contribution in [-0.4, -0.2) is 11.1 Å². The van der Waals surface area contributed by atoms with E-state index in [4.69, 9.17) is 10.5 Å². The van der Waals surface area contributed by atoms with Gasteiger partial charge in [-0.15, -0.1) is 0 Å². The van der Waals surface area contributed by atoms with Crippen molar-refractivity contribution in [1.29, 1.82) is 0 Å². The summed E-state index contributed by atoms with van der Waals surface area (Å²) >= 11 is 0. The molecular formula is C16H22N2O. The number of nitrogens with two attached hydrogens (primary N) is 1. The number of pyridine rings is 1. The first-order valence-corrected chi connectivity index (χ1v) is 7.36. The molecule has 2 saturated carbocycles. The van der Waals surface area contributed by atoms with E-state index in [1.165, 1.54) is 44.9 Å². The highest BCUT2D eigenvalue weighted by Crippen LogP contribution is 2.44. The van der Waals surface area contributed by atoms with E-state index < -0.39 is 0 Å². The topological polar surface area (TPSA) is 48.1 Å². The Morgan fingerprint density at radius 2 is 1.89 bits per heavy atom. The van der Waals surface area contributed by atoms with Gasteiger partial charge in [0.2, 0.25) is 0 Å². The van der Waals surface area contributed by atoms with E-state index in [-0.39, 0.29) is 0 Å². The Labute approximate surface area is 114 Å². The number of nitrogens with zero attached hydrogens (tertiary/aromatic N) is 1. The summed E-state index contributed by atoms with van der Waals surface area (Å²) in [6, 6.07) is 3.95. The number of aromatic nitrogens is 1. The van der Waals surface area contributed by atoms with Crippen molar-refractivity contribution in [2.75, 3.05) is 0 Å². The molecule has 3 rings (SSSR count). The molecule has 2 N–H and O–H groups in total. The van der Waals surface area contributed by atoms with E-state index in [0.717, 1.165) is 17.1 Å². The molecule has 102 valence electrons. The predicted molar refractivity (Wildman–Crippen MR) is 76.9 cm³/mol. The molecule has 0 spiro atoms. The smallest absolute Gasteiger partial charge is 0.141 e.